The molecule has 0 radical (unpaired) electrons. The van der Waals surface area contributed by atoms with Crippen LogP contribution in [0.5, 0.6) is 0 Å². The molecule has 0 aliphatic carbocycles. The molecule has 6 heteroatoms. The first-order valence-corrected chi connectivity index (χ1v) is 8.83. The van der Waals surface area contributed by atoms with Gasteiger partial charge in [0.1, 0.15) is 0 Å². The van der Waals surface area contributed by atoms with Crippen LogP contribution in [0.3, 0.4) is 0 Å². The highest BCUT2D eigenvalue weighted by atomic mass is 35.5. The lowest BCUT2D eigenvalue weighted by molar-refractivity contribution is 0.602. The Bertz CT molecular complexity index is 648. The Morgan fingerprint density at radius 3 is 2.42 bits per heavy atom. The van der Waals surface area contributed by atoms with Crippen LogP contribution in [0.1, 0.15) is 10.4 Å². The number of sulfone groups is 1. The van der Waals surface area contributed by atoms with Gasteiger partial charge in [0.15, 0.2) is 9.84 Å². The van der Waals surface area contributed by atoms with Gasteiger partial charge in [-0.1, -0.05) is 23.7 Å². The molecular formula is C13H14ClNO2S2. The first kappa shape index (κ1) is 14.5. The minimum absolute atomic E-state index is 0.348. The van der Waals surface area contributed by atoms with Crippen LogP contribution in [0.15, 0.2) is 40.6 Å². The number of hydrogen-bond acceptors (Lipinski definition) is 4. The van der Waals surface area contributed by atoms with Gasteiger partial charge in [-0.3, -0.25) is 0 Å². The van der Waals surface area contributed by atoms with Crippen LogP contribution in [0.4, 0.5) is 0 Å². The topological polar surface area (TPSA) is 46.2 Å². The maximum atomic E-state index is 11.3. The number of benzene rings is 1. The van der Waals surface area contributed by atoms with Gasteiger partial charge < -0.3 is 5.32 Å². The lowest BCUT2D eigenvalue weighted by atomic mass is 10.2. The minimum Gasteiger partial charge on any atom is -0.308 e. The fraction of sp³-hybridized carbons (Fsp3) is 0.231. The molecular weight excluding hydrogens is 302 g/mol. The van der Waals surface area contributed by atoms with Gasteiger partial charge in [0, 0.05) is 29.6 Å². The van der Waals surface area contributed by atoms with Crippen molar-refractivity contribution in [2.24, 2.45) is 0 Å². The third-order valence-corrected chi connectivity index (χ3v) is 5.01. The van der Waals surface area contributed by atoms with Crippen molar-refractivity contribution in [2.45, 2.75) is 18.0 Å². The van der Waals surface area contributed by atoms with E-state index in [0.29, 0.717) is 11.4 Å². The normalized spacial score (nSPS) is 11.7. The van der Waals surface area contributed by atoms with Gasteiger partial charge in [-0.25, -0.2) is 8.42 Å². The second-order valence-electron chi connectivity index (χ2n) is 4.25. The third kappa shape index (κ3) is 4.31. The van der Waals surface area contributed by atoms with E-state index < -0.39 is 9.84 Å². The SMILES string of the molecule is CS(=O)(=O)c1ccc(CNCc2cc(Cl)cs2)cc1. The number of nitrogens with one attached hydrogen (secondary N) is 1. The molecule has 19 heavy (non-hydrogen) atoms. The number of thiophene rings is 1. The minimum atomic E-state index is -3.11. The summed E-state index contributed by atoms with van der Waals surface area (Å²) < 4.78 is 22.6. The number of rotatable bonds is 5. The molecule has 0 aliphatic heterocycles. The maximum Gasteiger partial charge on any atom is 0.175 e. The van der Waals surface area contributed by atoms with Crippen LogP contribution in [-0.4, -0.2) is 14.7 Å². The van der Waals surface area contributed by atoms with Gasteiger partial charge in [-0.05, 0) is 23.8 Å². The Balaban J connectivity index is 1.90. The molecule has 0 unspecified atom stereocenters. The van der Waals surface area contributed by atoms with E-state index in [1.807, 2.05) is 23.6 Å². The summed E-state index contributed by atoms with van der Waals surface area (Å²) in [5, 5.41) is 5.96. The third-order valence-electron chi connectivity index (χ3n) is 2.60. The molecule has 2 rings (SSSR count). The van der Waals surface area contributed by atoms with Crippen molar-refractivity contribution in [3.05, 3.63) is 51.2 Å². The van der Waals surface area contributed by atoms with Crippen LogP contribution in [0.2, 0.25) is 5.02 Å². The molecule has 0 amide bonds. The zero-order valence-electron chi connectivity index (χ0n) is 10.4. The van der Waals surface area contributed by atoms with Crippen molar-refractivity contribution in [3.63, 3.8) is 0 Å². The Morgan fingerprint density at radius 2 is 1.89 bits per heavy atom. The Morgan fingerprint density at radius 1 is 1.21 bits per heavy atom. The van der Waals surface area contributed by atoms with Crippen molar-refractivity contribution < 1.29 is 8.42 Å². The second-order valence-corrected chi connectivity index (χ2v) is 7.70. The zero-order chi connectivity index (χ0) is 13.9. The zero-order valence-corrected chi connectivity index (χ0v) is 12.8. The maximum absolute atomic E-state index is 11.3. The second kappa shape index (κ2) is 6.05. The fourth-order valence-corrected chi connectivity index (χ4v) is 3.30. The monoisotopic (exact) mass is 315 g/mol. The van der Waals surface area contributed by atoms with E-state index >= 15 is 0 Å². The molecule has 2 aromatic rings. The fourth-order valence-electron chi connectivity index (χ4n) is 1.63. The van der Waals surface area contributed by atoms with E-state index in [0.717, 1.165) is 17.1 Å². The van der Waals surface area contributed by atoms with Crippen LogP contribution in [0, 0.1) is 0 Å². The molecule has 1 aromatic heterocycles. The predicted molar refractivity (Wildman–Crippen MR) is 79.4 cm³/mol. The van der Waals surface area contributed by atoms with E-state index in [9.17, 15) is 8.42 Å². The summed E-state index contributed by atoms with van der Waals surface area (Å²) in [5.74, 6) is 0. The Hall–Kier alpha value is -0.880. The first-order valence-electron chi connectivity index (χ1n) is 5.68. The molecule has 0 saturated heterocycles. The summed E-state index contributed by atoms with van der Waals surface area (Å²) in [7, 11) is -3.11. The van der Waals surface area contributed by atoms with Crippen molar-refractivity contribution in [3.8, 4) is 0 Å². The summed E-state index contributed by atoms with van der Waals surface area (Å²) in [6.07, 6.45) is 1.21. The van der Waals surface area contributed by atoms with Crippen molar-refractivity contribution in [1.29, 1.82) is 0 Å². The van der Waals surface area contributed by atoms with Crippen LogP contribution >= 0.6 is 22.9 Å². The van der Waals surface area contributed by atoms with Crippen LogP contribution in [0.25, 0.3) is 0 Å². The highest BCUT2D eigenvalue weighted by Crippen LogP contribution is 2.18. The molecule has 0 atom stereocenters. The average Bonchev–Trinajstić information content (AvgIpc) is 2.75. The predicted octanol–water partition coefficient (Wildman–Crippen LogP) is 3.09. The van der Waals surface area contributed by atoms with E-state index in [1.54, 1.807) is 23.5 Å². The number of hydrogen-bond donors (Lipinski definition) is 1. The number of halogens is 1. The van der Waals surface area contributed by atoms with Gasteiger partial charge in [0.25, 0.3) is 0 Å². The van der Waals surface area contributed by atoms with Crippen molar-refractivity contribution >= 4 is 32.8 Å². The molecule has 0 bridgehead atoms. The van der Waals surface area contributed by atoms with Crippen molar-refractivity contribution in [2.75, 3.05) is 6.26 Å². The Kier molecular flexibility index (Phi) is 4.62. The van der Waals surface area contributed by atoms with Crippen LogP contribution in [-0.2, 0) is 22.9 Å². The smallest absolute Gasteiger partial charge is 0.175 e. The van der Waals surface area contributed by atoms with Gasteiger partial charge in [-0.15, -0.1) is 11.3 Å². The Labute approximate surface area is 122 Å². The molecule has 0 aliphatic rings. The average molecular weight is 316 g/mol. The molecule has 1 heterocycles. The summed E-state index contributed by atoms with van der Waals surface area (Å²) in [6, 6.07) is 8.85. The highest BCUT2D eigenvalue weighted by molar-refractivity contribution is 7.90. The molecule has 102 valence electrons. The molecule has 3 nitrogen and oxygen atoms in total. The summed E-state index contributed by atoms with van der Waals surface area (Å²) in [5.41, 5.74) is 1.05. The molecule has 0 fully saturated rings. The molecule has 0 saturated carbocycles. The van der Waals surface area contributed by atoms with Crippen LogP contribution < -0.4 is 5.32 Å². The first-order chi connectivity index (χ1) is 8.95. The molecule has 0 spiro atoms. The van der Waals surface area contributed by atoms with Crippen molar-refractivity contribution in [1.82, 2.24) is 5.32 Å². The van der Waals surface area contributed by atoms with Gasteiger partial charge in [0.05, 0.1) is 9.92 Å². The molecule has 1 aromatic carbocycles. The van der Waals surface area contributed by atoms with E-state index in [4.69, 9.17) is 11.6 Å². The summed E-state index contributed by atoms with van der Waals surface area (Å²) >= 11 is 7.46. The lowest BCUT2D eigenvalue weighted by Crippen LogP contribution is -2.11. The standard InChI is InChI=1S/C13H14ClNO2S2/c1-19(16,17)13-4-2-10(3-5-13)7-15-8-12-6-11(14)9-18-12/h2-6,9,15H,7-8H2,1H3. The van der Waals surface area contributed by atoms with E-state index in [1.165, 1.54) is 11.1 Å². The van der Waals surface area contributed by atoms with E-state index in [2.05, 4.69) is 5.32 Å². The summed E-state index contributed by atoms with van der Waals surface area (Å²) in [4.78, 5) is 1.53. The highest BCUT2D eigenvalue weighted by Gasteiger charge is 2.05. The van der Waals surface area contributed by atoms with Gasteiger partial charge in [0.2, 0.25) is 0 Å². The lowest BCUT2D eigenvalue weighted by Gasteiger charge is -2.04. The largest absolute Gasteiger partial charge is 0.308 e. The van der Waals surface area contributed by atoms with Gasteiger partial charge >= 0.3 is 0 Å². The molecule has 1 N–H and O–H groups in total. The van der Waals surface area contributed by atoms with E-state index in [-0.39, 0.29) is 0 Å². The van der Waals surface area contributed by atoms with Gasteiger partial charge in [-0.2, -0.15) is 0 Å². The summed E-state index contributed by atoms with van der Waals surface area (Å²) in [6.45, 7) is 1.45. The quantitative estimate of drug-likeness (QED) is 0.922.